The predicted octanol–water partition coefficient (Wildman–Crippen LogP) is 2.20. The van der Waals surface area contributed by atoms with Gasteiger partial charge in [-0.05, 0) is 33.1 Å². The van der Waals surface area contributed by atoms with Crippen LogP contribution in [0.15, 0.2) is 0 Å². The highest BCUT2D eigenvalue weighted by Gasteiger charge is 2.25. The Kier molecular flexibility index (Phi) is 4.78. The van der Waals surface area contributed by atoms with Crippen LogP contribution in [0.5, 0.6) is 0 Å². The zero-order valence-corrected chi connectivity index (χ0v) is 10.9. The predicted molar refractivity (Wildman–Crippen MR) is 67.1 cm³/mol. The molecule has 1 aliphatic carbocycles. The van der Waals surface area contributed by atoms with Gasteiger partial charge in [0, 0.05) is 18.0 Å². The first kappa shape index (κ1) is 13.5. The minimum atomic E-state index is -0.299. The lowest BCUT2D eigenvalue weighted by molar-refractivity contribution is -0.123. The van der Waals surface area contributed by atoms with Crippen molar-refractivity contribution in [3.05, 3.63) is 0 Å². The molecule has 0 aromatic heterocycles. The largest absolute Gasteiger partial charge is 0.350 e. The van der Waals surface area contributed by atoms with E-state index in [-0.39, 0.29) is 17.5 Å². The van der Waals surface area contributed by atoms with Crippen molar-refractivity contribution >= 4 is 5.91 Å². The molecule has 16 heavy (non-hydrogen) atoms. The van der Waals surface area contributed by atoms with Gasteiger partial charge < -0.3 is 11.1 Å². The van der Waals surface area contributed by atoms with Gasteiger partial charge in [0.2, 0.25) is 5.91 Å². The molecule has 0 aromatic carbocycles. The summed E-state index contributed by atoms with van der Waals surface area (Å²) in [6, 6.07) is -0.0251. The van der Waals surface area contributed by atoms with Crippen LogP contribution < -0.4 is 11.1 Å². The van der Waals surface area contributed by atoms with Crippen molar-refractivity contribution in [3.8, 4) is 0 Å². The fraction of sp³-hybridized carbons (Fsp3) is 0.923. The molecular formula is C13H26N2O. The second-order valence-electron chi connectivity index (χ2n) is 5.75. The molecule has 0 bridgehead atoms. The van der Waals surface area contributed by atoms with E-state index < -0.39 is 0 Å². The first-order valence-electron chi connectivity index (χ1n) is 6.48. The molecule has 0 saturated heterocycles. The lowest BCUT2D eigenvalue weighted by atomic mass is 9.95. The van der Waals surface area contributed by atoms with E-state index in [2.05, 4.69) is 5.32 Å². The van der Waals surface area contributed by atoms with Gasteiger partial charge in [0.25, 0.3) is 0 Å². The van der Waals surface area contributed by atoms with Crippen molar-refractivity contribution in [2.24, 2.45) is 11.7 Å². The molecule has 3 heteroatoms. The molecule has 1 saturated carbocycles. The number of hydrogen-bond acceptors (Lipinski definition) is 2. The molecule has 1 aliphatic rings. The van der Waals surface area contributed by atoms with E-state index >= 15 is 0 Å². The third-order valence-electron chi connectivity index (χ3n) is 3.85. The summed E-state index contributed by atoms with van der Waals surface area (Å²) in [5.41, 5.74) is 5.52. The maximum atomic E-state index is 11.8. The van der Waals surface area contributed by atoms with Gasteiger partial charge >= 0.3 is 0 Å². The van der Waals surface area contributed by atoms with Crippen LogP contribution in [0.3, 0.4) is 0 Å². The number of nitrogens with one attached hydrogen (secondary N) is 1. The molecule has 0 spiro atoms. The van der Waals surface area contributed by atoms with Crippen molar-refractivity contribution < 1.29 is 4.79 Å². The second-order valence-corrected chi connectivity index (χ2v) is 5.75. The molecular weight excluding hydrogens is 200 g/mol. The van der Waals surface area contributed by atoms with Crippen LogP contribution in [0.25, 0.3) is 0 Å². The van der Waals surface area contributed by atoms with Gasteiger partial charge in [-0.25, -0.2) is 0 Å². The summed E-state index contributed by atoms with van der Waals surface area (Å²) in [5, 5.41) is 3.02. The molecule has 1 amide bonds. The molecule has 3 nitrogen and oxygen atoms in total. The zero-order valence-electron chi connectivity index (χ0n) is 10.9. The minimum absolute atomic E-state index is 0.0251. The van der Waals surface area contributed by atoms with Crippen LogP contribution in [0.1, 0.15) is 59.3 Å². The molecule has 1 atom stereocenters. The highest BCUT2D eigenvalue weighted by atomic mass is 16.1. The van der Waals surface area contributed by atoms with Crippen LogP contribution in [0.2, 0.25) is 0 Å². The average Bonchev–Trinajstić information content (AvgIpc) is 2.66. The van der Waals surface area contributed by atoms with E-state index in [1.54, 1.807) is 0 Å². The van der Waals surface area contributed by atoms with Crippen LogP contribution in [0.4, 0.5) is 0 Å². The normalized spacial score (nSPS) is 19.8. The highest BCUT2D eigenvalue weighted by molar-refractivity contribution is 5.76. The SMILES string of the molecule is CC(N)C(C)(C)NC(=O)CCC1CCCC1. The molecule has 94 valence electrons. The molecule has 1 unspecified atom stereocenters. The molecule has 0 heterocycles. The Hall–Kier alpha value is -0.570. The molecule has 0 aromatic rings. The molecule has 0 aliphatic heterocycles. The first-order valence-corrected chi connectivity index (χ1v) is 6.48. The summed E-state index contributed by atoms with van der Waals surface area (Å²) < 4.78 is 0. The van der Waals surface area contributed by atoms with E-state index in [0.717, 1.165) is 12.3 Å². The maximum absolute atomic E-state index is 11.8. The van der Waals surface area contributed by atoms with Crippen LogP contribution >= 0.6 is 0 Å². The maximum Gasteiger partial charge on any atom is 0.220 e. The summed E-state index contributed by atoms with van der Waals surface area (Å²) in [5.74, 6) is 0.929. The minimum Gasteiger partial charge on any atom is -0.350 e. The first-order chi connectivity index (χ1) is 7.42. The number of carbonyl (C=O) groups is 1. The van der Waals surface area contributed by atoms with Gasteiger partial charge in [-0.15, -0.1) is 0 Å². The number of hydrogen-bond donors (Lipinski definition) is 2. The monoisotopic (exact) mass is 226 g/mol. The summed E-state index contributed by atoms with van der Waals surface area (Å²) in [6.45, 7) is 5.88. The average molecular weight is 226 g/mol. The topological polar surface area (TPSA) is 55.1 Å². The van der Waals surface area contributed by atoms with E-state index in [1.807, 2.05) is 20.8 Å². The molecule has 0 radical (unpaired) electrons. The molecule has 3 N–H and O–H groups in total. The van der Waals surface area contributed by atoms with Crippen LogP contribution in [0, 0.1) is 5.92 Å². The standard InChI is InChI=1S/C13H26N2O/c1-10(14)13(2,3)15-12(16)9-8-11-6-4-5-7-11/h10-11H,4-9,14H2,1-3H3,(H,15,16). The Morgan fingerprint density at radius 3 is 2.50 bits per heavy atom. The summed E-state index contributed by atoms with van der Waals surface area (Å²) in [7, 11) is 0. The van der Waals surface area contributed by atoms with Gasteiger partial charge in [0.1, 0.15) is 0 Å². The van der Waals surface area contributed by atoms with Gasteiger partial charge in [0.05, 0.1) is 0 Å². The Morgan fingerprint density at radius 2 is 2.00 bits per heavy atom. The van der Waals surface area contributed by atoms with Gasteiger partial charge in [-0.3, -0.25) is 4.79 Å². The van der Waals surface area contributed by atoms with Crippen LogP contribution in [-0.2, 0) is 4.79 Å². The number of rotatable bonds is 5. The third-order valence-corrected chi connectivity index (χ3v) is 3.85. The Morgan fingerprint density at radius 1 is 1.44 bits per heavy atom. The Labute approximate surface area is 99.2 Å². The fourth-order valence-electron chi connectivity index (χ4n) is 2.17. The zero-order chi connectivity index (χ0) is 12.2. The molecule has 1 fully saturated rings. The van der Waals surface area contributed by atoms with E-state index in [0.29, 0.717) is 6.42 Å². The van der Waals surface area contributed by atoms with E-state index in [9.17, 15) is 4.79 Å². The third kappa shape index (κ3) is 4.12. The quantitative estimate of drug-likeness (QED) is 0.755. The number of carbonyl (C=O) groups excluding carboxylic acids is 1. The summed E-state index contributed by atoms with van der Waals surface area (Å²) in [6.07, 6.45) is 7.00. The lowest BCUT2D eigenvalue weighted by Crippen LogP contribution is -2.54. The molecule has 1 rings (SSSR count). The van der Waals surface area contributed by atoms with E-state index in [4.69, 9.17) is 5.73 Å². The number of nitrogens with two attached hydrogens (primary N) is 1. The van der Waals surface area contributed by atoms with E-state index in [1.165, 1.54) is 25.7 Å². The van der Waals surface area contributed by atoms with Crippen molar-refractivity contribution in [3.63, 3.8) is 0 Å². The van der Waals surface area contributed by atoms with Gasteiger partial charge in [0.15, 0.2) is 0 Å². The highest BCUT2D eigenvalue weighted by Crippen LogP contribution is 2.28. The second kappa shape index (κ2) is 5.67. The summed E-state index contributed by atoms with van der Waals surface area (Å²) in [4.78, 5) is 11.8. The van der Waals surface area contributed by atoms with Gasteiger partial charge in [-0.1, -0.05) is 25.7 Å². The Balaban J connectivity index is 2.24. The van der Waals surface area contributed by atoms with Gasteiger partial charge in [-0.2, -0.15) is 0 Å². The fourth-order valence-corrected chi connectivity index (χ4v) is 2.17. The van der Waals surface area contributed by atoms with Crippen molar-refractivity contribution in [1.29, 1.82) is 0 Å². The Bertz CT molecular complexity index is 230. The lowest BCUT2D eigenvalue weighted by Gasteiger charge is -2.30. The smallest absolute Gasteiger partial charge is 0.220 e. The van der Waals surface area contributed by atoms with Crippen molar-refractivity contribution in [1.82, 2.24) is 5.32 Å². The van der Waals surface area contributed by atoms with Crippen molar-refractivity contribution in [2.45, 2.75) is 70.9 Å². The van der Waals surface area contributed by atoms with Crippen molar-refractivity contribution in [2.75, 3.05) is 0 Å². The number of amides is 1. The van der Waals surface area contributed by atoms with Crippen LogP contribution in [-0.4, -0.2) is 17.5 Å². The summed E-state index contributed by atoms with van der Waals surface area (Å²) >= 11 is 0.